The maximum atomic E-state index is 8.88. The molecular weight excluding hydrogens is 388 g/mol. The van der Waals surface area contributed by atoms with E-state index in [1.54, 1.807) is 12.1 Å². The average Bonchev–Trinajstić information content (AvgIpc) is 2.45. The minimum Gasteiger partial charge on any atom is -0.394 e. The molecule has 0 aliphatic heterocycles. The van der Waals surface area contributed by atoms with Crippen LogP contribution < -0.4 is 5.23 Å². The van der Waals surface area contributed by atoms with E-state index in [-0.39, 0.29) is 26.4 Å². The molecule has 0 saturated carbocycles. The molecular formula is C10H21NO12P2. The summed E-state index contributed by atoms with van der Waals surface area (Å²) in [5, 5.41) is 18.4. The van der Waals surface area contributed by atoms with E-state index in [4.69, 9.17) is 58.4 Å². The van der Waals surface area contributed by atoms with Gasteiger partial charge >= 0.3 is 15.6 Å². The Morgan fingerprint density at radius 2 is 1.08 bits per heavy atom. The Balaban J connectivity index is 0. The number of aliphatic hydroxyl groups excluding tert-OH is 2. The molecule has 8 N–H and O–H groups in total. The van der Waals surface area contributed by atoms with Crippen molar-refractivity contribution in [2.45, 2.75) is 0 Å². The van der Waals surface area contributed by atoms with Crippen LogP contribution in [0.25, 0.3) is 0 Å². The second-order valence-corrected chi connectivity index (χ2v) is 5.79. The molecule has 25 heavy (non-hydrogen) atoms. The van der Waals surface area contributed by atoms with Crippen LogP contribution in [0.5, 0.6) is 0 Å². The van der Waals surface area contributed by atoms with Gasteiger partial charge in [0.15, 0.2) is 0 Å². The van der Waals surface area contributed by atoms with Gasteiger partial charge in [0.2, 0.25) is 0 Å². The summed E-state index contributed by atoms with van der Waals surface area (Å²) in [6.45, 7) is 0.0955. The highest BCUT2D eigenvalue weighted by Gasteiger charge is 2.06. The predicted octanol–water partition coefficient (Wildman–Crippen LogP) is -1.52. The molecule has 0 atom stereocenters. The summed E-state index contributed by atoms with van der Waals surface area (Å²) in [5.41, 5.74) is 0.708. The van der Waals surface area contributed by atoms with Crippen LogP contribution in [0.15, 0.2) is 30.3 Å². The van der Waals surface area contributed by atoms with Crippen molar-refractivity contribution in [3.8, 4) is 0 Å². The van der Waals surface area contributed by atoms with Crippen molar-refractivity contribution in [2.24, 2.45) is 0 Å². The van der Waals surface area contributed by atoms with Gasteiger partial charge in [0, 0.05) is 0 Å². The summed E-state index contributed by atoms with van der Waals surface area (Å²) in [7, 11) is -9.28. The van der Waals surface area contributed by atoms with Crippen LogP contribution in [-0.4, -0.2) is 66.0 Å². The number of aliphatic hydroxyl groups is 2. The van der Waals surface area contributed by atoms with E-state index in [0.29, 0.717) is 5.69 Å². The smallest absolute Gasteiger partial charge is 0.394 e. The van der Waals surface area contributed by atoms with Gasteiger partial charge in [-0.15, -0.1) is 5.23 Å². The summed E-state index contributed by atoms with van der Waals surface area (Å²) in [6.07, 6.45) is 0. The van der Waals surface area contributed by atoms with Crippen molar-refractivity contribution >= 4 is 21.3 Å². The largest absolute Gasteiger partial charge is 0.466 e. The van der Waals surface area contributed by atoms with Crippen LogP contribution in [-0.2, 0) is 18.8 Å². The number of rotatable bonds is 7. The monoisotopic (exact) mass is 409 g/mol. The third-order valence-electron chi connectivity index (χ3n) is 1.57. The first kappa shape index (κ1) is 26.3. The fraction of sp³-hybridized carbons (Fsp3) is 0.400. The van der Waals surface area contributed by atoms with E-state index in [9.17, 15) is 0 Å². The highest BCUT2D eigenvalue weighted by molar-refractivity contribution is 7.45. The minimum atomic E-state index is -4.64. The first-order chi connectivity index (χ1) is 11.4. The van der Waals surface area contributed by atoms with E-state index in [2.05, 4.69) is 0 Å². The number of hydrogen-bond donors (Lipinski definition) is 8. The molecule has 0 aromatic heterocycles. The summed E-state index contributed by atoms with van der Waals surface area (Å²) in [5.74, 6) is 0. The Morgan fingerprint density at radius 3 is 1.36 bits per heavy atom. The summed E-state index contributed by atoms with van der Waals surface area (Å²) in [6, 6.07) is 9.16. The van der Waals surface area contributed by atoms with Crippen LogP contribution >= 0.6 is 15.6 Å². The molecule has 0 amide bonds. The molecule has 13 nitrogen and oxygen atoms in total. The Kier molecular flexibility index (Phi) is 15.0. The zero-order chi connectivity index (χ0) is 19.9. The van der Waals surface area contributed by atoms with Crippen LogP contribution in [0.1, 0.15) is 0 Å². The molecule has 1 rings (SSSR count). The molecule has 0 unspecified atom stereocenters. The van der Waals surface area contributed by atoms with Gasteiger partial charge in [-0.3, -0.25) is 0 Å². The number of nitrogens with zero attached hydrogens (tertiary/aromatic N) is 1. The van der Waals surface area contributed by atoms with E-state index in [0.717, 1.165) is 0 Å². The van der Waals surface area contributed by atoms with Crippen LogP contribution in [0, 0.1) is 0 Å². The zero-order valence-electron chi connectivity index (χ0n) is 12.8. The molecule has 0 bridgehead atoms. The summed E-state index contributed by atoms with van der Waals surface area (Å²) in [4.78, 5) is 53.4. The maximum absolute atomic E-state index is 8.88. The Labute approximate surface area is 142 Å². The molecule has 15 heteroatoms. The molecule has 0 heterocycles. The van der Waals surface area contributed by atoms with Crippen LogP contribution in [0.3, 0.4) is 0 Å². The zero-order valence-corrected chi connectivity index (χ0v) is 14.6. The van der Waals surface area contributed by atoms with Crippen molar-refractivity contribution in [1.82, 2.24) is 0 Å². The van der Waals surface area contributed by atoms with Crippen LogP contribution in [0.4, 0.5) is 5.69 Å². The van der Waals surface area contributed by atoms with Gasteiger partial charge in [0.05, 0.1) is 18.9 Å². The van der Waals surface area contributed by atoms with Crippen molar-refractivity contribution in [3.05, 3.63) is 30.3 Å². The number of phosphoric acid groups is 2. The molecule has 0 aliphatic rings. The number of para-hydroxylation sites is 1. The predicted molar refractivity (Wildman–Crippen MR) is 83.5 cm³/mol. The first-order valence-corrected chi connectivity index (χ1v) is 9.40. The first-order valence-electron chi connectivity index (χ1n) is 6.27. The highest BCUT2D eigenvalue weighted by Crippen LogP contribution is 2.26. The van der Waals surface area contributed by atoms with Gasteiger partial charge in [-0.2, -0.15) is 0 Å². The van der Waals surface area contributed by atoms with Crippen LogP contribution in [0.2, 0.25) is 0 Å². The van der Waals surface area contributed by atoms with E-state index >= 15 is 0 Å². The summed E-state index contributed by atoms with van der Waals surface area (Å²) >= 11 is 0. The lowest BCUT2D eigenvalue weighted by atomic mass is 10.3. The summed E-state index contributed by atoms with van der Waals surface area (Å²) < 4.78 is 17.8. The molecule has 0 aliphatic carbocycles. The third-order valence-corrected chi connectivity index (χ3v) is 1.57. The minimum absolute atomic E-state index is 0.0914. The van der Waals surface area contributed by atoms with Gasteiger partial charge < -0.3 is 39.6 Å². The maximum Gasteiger partial charge on any atom is 0.466 e. The SMILES string of the molecule is O=P(O)(O)O.O=P(O)(O)O.OCCON(OCCO)c1ccccc1. The van der Waals surface area contributed by atoms with Gasteiger partial charge in [-0.1, -0.05) is 18.2 Å². The Bertz CT molecular complexity index is 473. The number of benzene rings is 1. The second kappa shape index (κ2) is 14.3. The molecule has 0 fully saturated rings. The average molecular weight is 409 g/mol. The van der Waals surface area contributed by atoms with Crippen molar-refractivity contribution in [1.29, 1.82) is 0 Å². The van der Waals surface area contributed by atoms with Gasteiger partial charge in [-0.25, -0.2) is 18.8 Å². The normalized spacial score (nSPS) is 10.9. The number of hydrogen-bond acceptors (Lipinski definition) is 7. The molecule has 1 aromatic rings. The van der Waals surface area contributed by atoms with Gasteiger partial charge in [-0.05, 0) is 12.1 Å². The quantitative estimate of drug-likeness (QED) is 0.190. The van der Waals surface area contributed by atoms with E-state index in [1.165, 1.54) is 5.23 Å². The fourth-order valence-corrected chi connectivity index (χ4v) is 0.984. The van der Waals surface area contributed by atoms with E-state index in [1.807, 2.05) is 18.2 Å². The standard InChI is InChI=1S/C10H15NO4.2H3O4P/c12-6-8-14-11(15-9-7-13)10-4-2-1-3-5-10;2*1-5(2,3)4/h1-5,12-13H,6-9H2;2*(H3,1,2,3,4). The van der Waals surface area contributed by atoms with Gasteiger partial charge in [0.1, 0.15) is 13.2 Å². The highest BCUT2D eigenvalue weighted by atomic mass is 31.2. The Morgan fingerprint density at radius 1 is 0.760 bits per heavy atom. The molecule has 0 saturated heterocycles. The van der Waals surface area contributed by atoms with Crippen molar-refractivity contribution in [2.75, 3.05) is 31.7 Å². The molecule has 1 aromatic carbocycles. The lowest BCUT2D eigenvalue weighted by molar-refractivity contribution is -0.103. The second-order valence-electron chi connectivity index (χ2n) is 3.73. The van der Waals surface area contributed by atoms with Gasteiger partial charge in [0.25, 0.3) is 0 Å². The molecule has 148 valence electrons. The third kappa shape index (κ3) is 28.2. The molecule has 0 radical (unpaired) electrons. The lowest BCUT2D eigenvalue weighted by Crippen LogP contribution is -2.26. The fourth-order valence-electron chi connectivity index (χ4n) is 0.984. The van der Waals surface area contributed by atoms with Crippen molar-refractivity contribution < 1.29 is 58.4 Å². The Hall–Kier alpha value is -0.920. The van der Waals surface area contributed by atoms with E-state index < -0.39 is 15.6 Å². The lowest BCUT2D eigenvalue weighted by Gasteiger charge is -2.21. The topological polar surface area (TPSA) is 218 Å². The number of anilines is 1. The molecule has 0 spiro atoms. The van der Waals surface area contributed by atoms with Crippen molar-refractivity contribution in [3.63, 3.8) is 0 Å².